The molecule has 1 aromatic carbocycles. The van der Waals surface area contributed by atoms with Crippen LogP contribution in [0.25, 0.3) is 0 Å². The summed E-state index contributed by atoms with van der Waals surface area (Å²) in [6.07, 6.45) is 1.32. The summed E-state index contributed by atoms with van der Waals surface area (Å²) < 4.78 is 5.32. The van der Waals surface area contributed by atoms with Crippen LogP contribution in [-0.4, -0.2) is 5.78 Å². The van der Waals surface area contributed by atoms with E-state index >= 15 is 0 Å². The molecule has 2 rings (SSSR count). The predicted octanol–water partition coefficient (Wildman–Crippen LogP) is 3.26. The maximum absolute atomic E-state index is 11.9. The van der Waals surface area contributed by atoms with Crippen molar-refractivity contribution in [3.05, 3.63) is 47.0 Å². The van der Waals surface area contributed by atoms with E-state index in [4.69, 9.17) is 4.74 Å². The van der Waals surface area contributed by atoms with Gasteiger partial charge >= 0.3 is 0 Å². The molecule has 1 aliphatic heterocycles. The zero-order valence-electron chi connectivity index (χ0n) is 9.58. The molecule has 2 heteroatoms. The van der Waals surface area contributed by atoms with Crippen LogP contribution in [0.4, 0.5) is 0 Å². The van der Waals surface area contributed by atoms with Gasteiger partial charge in [-0.15, -0.1) is 0 Å². The van der Waals surface area contributed by atoms with Crippen LogP contribution < -0.4 is 0 Å². The Morgan fingerprint density at radius 2 is 2.12 bits per heavy atom. The number of Topliss-reactive ketones (excluding diaryl/α,β-unsaturated/α-hetero) is 1. The van der Waals surface area contributed by atoms with E-state index in [2.05, 4.69) is 6.58 Å². The number of carbonyl (C=O) groups is 1. The number of hydrogen-bond donors (Lipinski definition) is 0. The third-order valence-corrected chi connectivity index (χ3v) is 2.95. The lowest BCUT2D eigenvalue weighted by molar-refractivity contribution is 0.0992. The number of ketones is 1. The number of benzene rings is 1. The Bertz CT molecular complexity index is 432. The summed E-state index contributed by atoms with van der Waals surface area (Å²) in [6, 6.07) is 5.83. The van der Waals surface area contributed by atoms with Crippen molar-refractivity contribution in [3.8, 4) is 0 Å². The van der Waals surface area contributed by atoms with Crippen molar-refractivity contribution in [3.63, 3.8) is 0 Å². The first-order valence-electron chi connectivity index (χ1n) is 5.60. The topological polar surface area (TPSA) is 26.3 Å². The fourth-order valence-electron chi connectivity index (χ4n) is 1.80. The van der Waals surface area contributed by atoms with E-state index in [1.807, 2.05) is 25.1 Å². The summed E-state index contributed by atoms with van der Waals surface area (Å²) in [5, 5.41) is 0. The third-order valence-electron chi connectivity index (χ3n) is 2.95. The first-order valence-corrected chi connectivity index (χ1v) is 5.60. The van der Waals surface area contributed by atoms with Gasteiger partial charge in [0.15, 0.2) is 5.78 Å². The Morgan fingerprint density at radius 1 is 1.38 bits per heavy atom. The lowest BCUT2D eigenvalue weighted by Crippen LogP contribution is -2.01. The Hall–Kier alpha value is -1.41. The van der Waals surface area contributed by atoms with Crippen LogP contribution in [0.5, 0.6) is 0 Å². The summed E-state index contributed by atoms with van der Waals surface area (Å²) in [7, 11) is 0. The van der Waals surface area contributed by atoms with Crippen LogP contribution in [0.1, 0.15) is 41.3 Å². The van der Waals surface area contributed by atoms with Crippen LogP contribution in [0, 0.1) is 0 Å². The van der Waals surface area contributed by atoms with E-state index in [1.54, 1.807) is 0 Å². The van der Waals surface area contributed by atoms with Gasteiger partial charge in [0.25, 0.3) is 0 Å². The molecule has 1 heterocycles. The molecule has 2 nitrogen and oxygen atoms in total. The van der Waals surface area contributed by atoms with Gasteiger partial charge in [0.2, 0.25) is 0 Å². The highest BCUT2D eigenvalue weighted by Gasteiger charge is 2.14. The number of ether oxygens (including phenoxy) is 1. The van der Waals surface area contributed by atoms with E-state index in [0.29, 0.717) is 19.6 Å². The molecule has 0 spiro atoms. The van der Waals surface area contributed by atoms with Crippen molar-refractivity contribution >= 4 is 5.78 Å². The summed E-state index contributed by atoms with van der Waals surface area (Å²) in [5.74, 6) is 0.154. The second-order valence-electron chi connectivity index (χ2n) is 4.18. The average Bonchev–Trinajstić information content (AvgIpc) is 2.75. The minimum Gasteiger partial charge on any atom is -0.372 e. The van der Waals surface area contributed by atoms with Crippen LogP contribution in [0.3, 0.4) is 0 Å². The normalized spacial score (nSPS) is 13.6. The third kappa shape index (κ3) is 2.22. The van der Waals surface area contributed by atoms with Gasteiger partial charge in [-0.3, -0.25) is 4.79 Å². The second kappa shape index (κ2) is 4.62. The van der Waals surface area contributed by atoms with Gasteiger partial charge in [0.05, 0.1) is 13.2 Å². The summed E-state index contributed by atoms with van der Waals surface area (Å²) in [6.45, 7) is 7.19. The molecule has 0 amide bonds. The molecule has 0 bridgehead atoms. The van der Waals surface area contributed by atoms with Gasteiger partial charge in [0, 0.05) is 12.0 Å². The summed E-state index contributed by atoms with van der Waals surface area (Å²) in [5.41, 5.74) is 4.11. The molecular weight excluding hydrogens is 200 g/mol. The molecule has 0 saturated heterocycles. The van der Waals surface area contributed by atoms with Crippen LogP contribution in [0.15, 0.2) is 30.4 Å². The highest BCUT2D eigenvalue weighted by atomic mass is 16.5. The molecule has 0 atom stereocenters. The minimum absolute atomic E-state index is 0.154. The number of allylic oxidation sites excluding steroid dienone is 1. The van der Waals surface area contributed by atoms with Gasteiger partial charge in [-0.25, -0.2) is 0 Å². The minimum atomic E-state index is 0.154. The van der Waals surface area contributed by atoms with Crippen molar-refractivity contribution in [2.75, 3.05) is 0 Å². The first-order chi connectivity index (χ1) is 7.70. The van der Waals surface area contributed by atoms with E-state index in [9.17, 15) is 4.79 Å². The van der Waals surface area contributed by atoms with Gasteiger partial charge in [0.1, 0.15) is 0 Å². The predicted molar refractivity (Wildman–Crippen MR) is 63.3 cm³/mol. The first kappa shape index (κ1) is 11.1. The molecule has 1 aliphatic rings. The van der Waals surface area contributed by atoms with Gasteiger partial charge < -0.3 is 4.74 Å². The molecule has 16 heavy (non-hydrogen) atoms. The number of fused-ring (bicyclic) bond motifs is 1. The fraction of sp³-hybridized carbons (Fsp3) is 0.357. The van der Waals surface area contributed by atoms with Crippen LogP contribution in [-0.2, 0) is 18.0 Å². The van der Waals surface area contributed by atoms with Crippen molar-refractivity contribution < 1.29 is 9.53 Å². The SMILES string of the molecule is C=C(CC)CC(=O)c1ccc2c(c1)COC2. The molecule has 0 N–H and O–H groups in total. The van der Waals surface area contributed by atoms with E-state index in [1.165, 1.54) is 5.56 Å². The lowest BCUT2D eigenvalue weighted by Gasteiger charge is -2.04. The monoisotopic (exact) mass is 216 g/mol. The molecular formula is C14H16O2. The second-order valence-corrected chi connectivity index (χ2v) is 4.18. The van der Waals surface area contributed by atoms with Crippen LogP contribution in [0.2, 0.25) is 0 Å². The van der Waals surface area contributed by atoms with Crippen molar-refractivity contribution in [1.29, 1.82) is 0 Å². The number of hydrogen-bond acceptors (Lipinski definition) is 2. The smallest absolute Gasteiger partial charge is 0.166 e. The molecule has 0 saturated carbocycles. The highest BCUT2D eigenvalue weighted by Crippen LogP contribution is 2.22. The van der Waals surface area contributed by atoms with E-state index in [-0.39, 0.29) is 5.78 Å². The zero-order chi connectivity index (χ0) is 11.5. The van der Waals surface area contributed by atoms with Crippen molar-refractivity contribution in [1.82, 2.24) is 0 Å². The molecule has 0 fully saturated rings. The number of carbonyl (C=O) groups excluding carboxylic acids is 1. The van der Waals surface area contributed by atoms with Gasteiger partial charge in [-0.2, -0.15) is 0 Å². The van der Waals surface area contributed by atoms with Crippen molar-refractivity contribution in [2.24, 2.45) is 0 Å². The van der Waals surface area contributed by atoms with Gasteiger partial charge in [-0.1, -0.05) is 31.2 Å². The molecule has 84 valence electrons. The highest BCUT2D eigenvalue weighted by molar-refractivity contribution is 5.97. The van der Waals surface area contributed by atoms with Gasteiger partial charge in [-0.05, 0) is 23.6 Å². The maximum atomic E-state index is 11.9. The standard InChI is InChI=1S/C14H16O2/c1-3-10(2)6-14(15)11-4-5-12-8-16-9-13(12)7-11/h4-5,7H,2-3,6,8-9H2,1H3. The van der Waals surface area contributed by atoms with Crippen LogP contribution >= 0.6 is 0 Å². The Balaban J connectivity index is 2.15. The number of rotatable bonds is 4. The van der Waals surface area contributed by atoms with E-state index in [0.717, 1.165) is 23.1 Å². The zero-order valence-corrected chi connectivity index (χ0v) is 9.58. The molecule has 0 radical (unpaired) electrons. The summed E-state index contributed by atoms with van der Waals surface area (Å²) >= 11 is 0. The Morgan fingerprint density at radius 3 is 2.88 bits per heavy atom. The maximum Gasteiger partial charge on any atom is 0.166 e. The molecule has 0 aliphatic carbocycles. The van der Waals surface area contributed by atoms with Crippen molar-refractivity contribution in [2.45, 2.75) is 33.0 Å². The largest absolute Gasteiger partial charge is 0.372 e. The lowest BCUT2D eigenvalue weighted by atomic mass is 9.99. The molecule has 1 aromatic rings. The summed E-state index contributed by atoms with van der Waals surface area (Å²) in [4.78, 5) is 11.9. The van der Waals surface area contributed by atoms with E-state index < -0.39 is 0 Å². The Kier molecular flexibility index (Phi) is 3.20. The molecule has 0 unspecified atom stereocenters. The average molecular weight is 216 g/mol. The quantitative estimate of drug-likeness (QED) is 0.570. The Labute approximate surface area is 95.9 Å². The molecule has 0 aromatic heterocycles. The fourth-order valence-corrected chi connectivity index (χ4v) is 1.80.